The summed E-state index contributed by atoms with van der Waals surface area (Å²) in [4.78, 5) is 10.1. The predicted octanol–water partition coefficient (Wildman–Crippen LogP) is 4.47. The second-order valence-electron chi connectivity index (χ2n) is 6.51. The first kappa shape index (κ1) is 21.7. The Balaban J connectivity index is 1.70. The molecule has 2 N–H and O–H groups in total. The number of amidine groups is 1. The summed E-state index contributed by atoms with van der Waals surface area (Å²) < 4.78 is 28.0. The lowest BCUT2D eigenvalue weighted by molar-refractivity contribution is -0.384. The molecule has 3 rings (SSSR count). The molecule has 3 aromatic rings. The molecule has 31 heavy (non-hydrogen) atoms. The highest BCUT2D eigenvalue weighted by Gasteiger charge is 2.07. The van der Waals surface area contributed by atoms with Crippen LogP contribution >= 0.6 is 0 Å². The largest absolute Gasteiger partial charge is 0.383 e. The smallest absolute Gasteiger partial charge is 0.277 e. The van der Waals surface area contributed by atoms with Crippen LogP contribution in [0.15, 0.2) is 88.7 Å². The van der Waals surface area contributed by atoms with Crippen molar-refractivity contribution in [3.8, 4) is 0 Å². The first-order valence-corrected chi connectivity index (χ1v) is 10.7. The highest BCUT2D eigenvalue weighted by molar-refractivity contribution is 7.93. The minimum Gasteiger partial charge on any atom is -0.383 e. The molecule has 0 aliphatic carbocycles. The number of nitrogens with two attached hydrogens (primary N) is 1. The lowest BCUT2D eigenvalue weighted by Gasteiger charge is -2.01. The van der Waals surface area contributed by atoms with E-state index in [2.05, 4.69) is 4.40 Å². The third-order valence-electron chi connectivity index (χ3n) is 4.24. The van der Waals surface area contributed by atoms with Gasteiger partial charge in [0.25, 0.3) is 15.7 Å². The maximum Gasteiger partial charge on any atom is 0.277 e. The van der Waals surface area contributed by atoms with E-state index in [0.717, 1.165) is 16.5 Å². The van der Waals surface area contributed by atoms with Crippen molar-refractivity contribution < 1.29 is 13.3 Å². The Morgan fingerprint density at radius 1 is 0.806 bits per heavy atom. The van der Waals surface area contributed by atoms with Crippen molar-refractivity contribution in [2.75, 3.05) is 0 Å². The minimum absolute atomic E-state index is 0.0793. The molecular weight excluding hydrogens is 414 g/mol. The molecule has 3 aromatic carbocycles. The molecule has 0 fully saturated rings. The number of non-ortho nitro benzene ring substituents is 1. The van der Waals surface area contributed by atoms with E-state index in [0.29, 0.717) is 11.1 Å². The van der Waals surface area contributed by atoms with Gasteiger partial charge in [0.2, 0.25) is 0 Å². The van der Waals surface area contributed by atoms with Crippen LogP contribution in [0.4, 0.5) is 5.69 Å². The fourth-order valence-electron chi connectivity index (χ4n) is 2.61. The fourth-order valence-corrected chi connectivity index (χ4v) is 3.38. The van der Waals surface area contributed by atoms with Crippen LogP contribution in [0.2, 0.25) is 0 Å². The summed E-state index contributed by atoms with van der Waals surface area (Å²) in [6, 6.07) is 22.3. The van der Waals surface area contributed by atoms with E-state index in [4.69, 9.17) is 5.73 Å². The molecule has 0 bridgehead atoms. The molecule has 0 spiro atoms. The number of nitro benzene ring substituents is 1. The zero-order valence-electron chi connectivity index (χ0n) is 16.3. The fraction of sp³-hybridized carbons (Fsp3) is 0. The van der Waals surface area contributed by atoms with Crippen LogP contribution in [-0.4, -0.2) is 19.2 Å². The Kier molecular flexibility index (Phi) is 6.74. The molecule has 0 saturated heterocycles. The zero-order valence-corrected chi connectivity index (χ0v) is 17.1. The van der Waals surface area contributed by atoms with Crippen molar-refractivity contribution in [1.82, 2.24) is 0 Å². The summed E-state index contributed by atoms with van der Waals surface area (Å²) in [5.74, 6) is -0.132. The van der Waals surface area contributed by atoms with Crippen LogP contribution in [0.5, 0.6) is 0 Å². The van der Waals surface area contributed by atoms with Gasteiger partial charge in [0.05, 0.1) is 10.3 Å². The molecule has 0 saturated carbocycles. The molecule has 8 heteroatoms. The quantitative estimate of drug-likeness (QED) is 0.194. The van der Waals surface area contributed by atoms with Crippen molar-refractivity contribution in [2.24, 2.45) is 10.1 Å². The van der Waals surface area contributed by atoms with Gasteiger partial charge in [0.15, 0.2) is 0 Å². The van der Waals surface area contributed by atoms with Gasteiger partial charge in [0, 0.05) is 17.7 Å². The van der Waals surface area contributed by atoms with E-state index >= 15 is 0 Å². The molecule has 156 valence electrons. The van der Waals surface area contributed by atoms with Crippen molar-refractivity contribution >= 4 is 39.8 Å². The Morgan fingerprint density at radius 3 is 1.90 bits per heavy atom. The van der Waals surface area contributed by atoms with Gasteiger partial charge in [-0.25, -0.2) is 0 Å². The van der Waals surface area contributed by atoms with Gasteiger partial charge >= 0.3 is 0 Å². The van der Waals surface area contributed by atoms with Gasteiger partial charge < -0.3 is 5.73 Å². The number of hydrogen-bond donors (Lipinski definition) is 1. The van der Waals surface area contributed by atoms with Crippen LogP contribution < -0.4 is 5.73 Å². The van der Waals surface area contributed by atoms with Gasteiger partial charge in [-0.2, -0.15) is 8.42 Å². The predicted molar refractivity (Wildman–Crippen MR) is 124 cm³/mol. The van der Waals surface area contributed by atoms with Gasteiger partial charge in [-0.05, 0) is 34.9 Å². The third kappa shape index (κ3) is 6.48. The molecule has 0 unspecified atom stereocenters. The molecule has 0 amide bonds. The highest BCUT2D eigenvalue weighted by Crippen LogP contribution is 2.14. The number of nitro groups is 1. The minimum atomic E-state index is -3.98. The third-order valence-corrected chi connectivity index (χ3v) is 5.17. The lowest BCUT2D eigenvalue weighted by atomic mass is 10.1. The number of nitrogens with zero attached hydrogens (tertiary/aromatic N) is 2. The molecule has 0 aliphatic rings. The van der Waals surface area contributed by atoms with Crippen LogP contribution in [-0.2, 0) is 10.0 Å². The molecule has 0 heterocycles. The van der Waals surface area contributed by atoms with E-state index in [1.54, 1.807) is 12.1 Å². The van der Waals surface area contributed by atoms with Crippen LogP contribution in [0, 0.1) is 10.1 Å². The second-order valence-corrected chi connectivity index (χ2v) is 7.99. The Morgan fingerprint density at radius 2 is 1.32 bits per heavy atom. The maximum absolute atomic E-state index is 12.2. The van der Waals surface area contributed by atoms with Gasteiger partial charge in [-0.1, -0.05) is 66.7 Å². The summed E-state index contributed by atoms with van der Waals surface area (Å²) in [6.07, 6.45) is 5.21. The van der Waals surface area contributed by atoms with Crippen LogP contribution in [0.3, 0.4) is 0 Å². The average molecular weight is 433 g/mol. The first-order chi connectivity index (χ1) is 14.8. The first-order valence-electron chi connectivity index (χ1n) is 9.19. The number of hydrogen-bond acceptors (Lipinski definition) is 4. The van der Waals surface area contributed by atoms with Gasteiger partial charge in [0.1, 0.15) is 5.84 Å². The number of benzene rings is 3. The number of rotatable bonds is 7. The molecule has 0 aliphatic heterocycles. The molecule has 7 nitrogen and oxygen atoms in total. The van der Waals surface area contributed by atoms with Crippen molar-refractivity contribution in [3.63, 3.8) is 0 Å². The summed E-state index contributed by atoms with van der Waals surface area (Å²) >= 11 is 0. The summed E-state index contributed by atoms with van der Waals surface area (Å²) in [7, 11) is -3.98. The molecule has 0 aromatic heterocycles. The van der Waals surface area contributed by atoms with E-state index in [1.165, 1.54) is 30.3 Å². The Labute approximate surface area is 180 Å². The number of sulfonamides is 1. The monoisotopic (exact) mass is 433 g/mol. The van der Waals surface area contributed by atoms with Gasteiger partial charge in [-0.15, -0.1) is 4.40 Å². The van der Waals surface area contributed by atoms with Crippen LogP contribution in [0.25, 0.3) is 18.2 Å². The molecular formula is C23H19N3O4S. The van der Waals surface area contributed by atoms with Crippen molar-refractivity contribution in [3.05, 3.63) is 117 Å². The molecule has 0 atom stereocenters. The normalized spacial score (nSPS) is 12.5. The highest BCUT2D eigenvalue weighted by atomic mass is 32.2. The summed E-state index contributed by atoms with van der Waals surface area (Å²) in [5, 5.41) is 11.6. The summed E-state index contributed by atoms with van der Waals surface area (Å²) in [5.41, 5.74) is 8.74. The average Bonchev–Trinajstić information content (AvgIpc) is 2.77. The van der Waals surface area contributed by atoms with Crippen molar-refractivity contribution in [1.29, 1.82) is 0 Å². The standard InChI is InChI=1S/C23H19N3O4S/c24-23(21-12-8-19(9-13-21)7-6-18-4-2-1-3-5-18)25-31(29,30)17-16-20-10-14-22(15-11-20)26(27)28/h1-17H,(H2,24,25)/b7-6+,17-16+. The Hall–Kier alpha value is -4.04. The SMILES string of the molecule is N/C(=N/S(=O)(=O)/C=C/c1ccc([N+](=O)[O-])cc1)c1ccc(/C=C/c2ccccc2)cc1. The zero-order chi connectivity index (χ0) is 22.3. The Bertz CT molecular complexity index is 1250. The van der Waals surface area contributed by atoms with E-state index in [1.807, 2.05) is 54.6 Å². The van der Waals surface area contributed by atoms with Gasteiger partial charge in [-0.3, -0.25) is 10.1 Å². The maximum atomic E-state index is 12.2. The van der Waals surface area contributed by atoms with E-state index in [-0.39, 0.29) is 11.5 Å². The second kappa shape index (κ2) is 9.64. The van der Waals surface area contributed by atoms with Crippen LogP contribution in [0.1, 0.15) is 22.3 Å². The topological polar surface area (TPSA) is 116 Å². The lowest BCUT2D eigenvalue weighted by Crippen LogP contribution is -2.15. The summed E-state index contributed by atoms with van der Waals surface area (Å²) in [6.45, 7) is 0. The van der Waals surface area contributed by atoms with E-state index in [9.17, 15) is 18.5 Å². The molecule has 0 radical (unpaired) electrons. The van der Waals surface area contributed by atoms with E-state index < -0.39 is 14.9 Å². The van der Waals surface area contributed by atoms with Crippen molar-refractivity contribution in [2.45, 2.75) is 0 Å².